The molecule has 0 bridgehead atoms. The molecule has 0 saturated heterocycles. The number of halogens is 1. The van der Waals surface area contributed by atoms with Crippen molar-refractivity contribution >= 4 is 6.08 Å². The molecular formula is C19H22FNO3. The number of ether oxygens (including phenoxy) is 2. The molecule has 0 saturated carbocycles. The van der Waals surface area contributed by atoms with Gasteiger partial charge in [-0.25, -0.2) is 4.39 Å². The molecule has 2 rings (SSSR count). The Morgan fingerprint density at radius 2 is 1.71 bits per heavy atom. The molecule has 0 aliphatic carbocycles. The summed E-state index contributed by atoms with van der Waals surface area (Å²) in [6.45, 7) is 0.986. The Morgan fingerprint density at radius 3 is 2.29 bits per heavy atom. The molecule has 0 heterocycles. The van der Waals surface area contributed by atoms with E-state index in [-0.39, 0.29) is 5.82 Å². The molecule has 1 atom stereocenters. The molecule has 5 heteroatoms. The van der Waals surface area contributed by atoms with E-state index in [9.17, 15) is 9.50 Å². The minimum atomic E-state index is -0.673. The summed E-state index contributed by atoms with van der Waals surface area (Å²) in [6.07, 6.45) is 3.15. The first-order valence-electron chi connectivity index (χ1n) is 7.66. The minimum absolute atomic E-state index is 0.248. The Hall–Kier alpha value is -2.37. The van der Waals surface area contributed by atoms with Crippen LogP contribution in [0.4, 0.5) is 4.39 Å². The fourth-order valence-electron chi connectivity index (χ4n) is 2.21. The van der Waals surface area contributed by atoms with Gasteiger partial charge in [0.25, 0.3) is 0 Å². The molecule has 2 N–H and O–H groups in total. The van der Waals surface area contributed by atoms with E-state index in [1.165, 1.54) is 12.1 Å². The zero-order valence-corrected chi connectivity index (χ0v) is 13.8. The summed E-state index contributed by atoms with van der Waals surface area (Å²) in [6, 6.07) is 11.6. The lowest BCUT2D eigenvalue weighted by Gasteiger charge is -2.14. The summed E-state index contributed by atoms with van der Waals surface area (Å²) in [7, 11) is 3.15. The Kier molecular flexibility index (Phi) is 6.78. The average Bonchev–Trinajstić information content (AvgIpc) is 2.62. The molecule has 0 radical (unpaired) electrons. The van der Waals surface area contributed by atoms with Crippen LogP contribution in [0.15, 0.2) is 48.5 Å². The first-order chi connectivity index (χ1) is 11.6. The van der Waals surface area contributed by atoms with Crippen LogP contribution in [-0.4, -0.2) is 32.4 Å². The van der Waals surface area contributed by atoms with E-state index >= 15 is 0 Å². The number of methoxy groups -OCH3 is 2. The Labute approximate surface area is 141 Å². The van der Waals surface area contributed by atoms with E-state index in [1.54, 1.807) is 44.6 Å². The van der Waals surface area contributed by atoms with Crippen molar-refractivity contribution in [3.63, 3.8) is 0 Å². The minimum Gasteiger partial charge on any atom is -0.497 e. The molecule has 0 spiro atoms. The molecule has 128 valence electrons. The molecule has 0 aromatic heterocycles. The van der Waals surface area contributed by atoms with Gasteiger partial charge in [-0.15, -0.1) is 0 Å². The van der Waals surface area contributed by atoms with E-state index in [1.807, 2.05) is 12.2 Å². The maximum Gasteiger partial charge on any atom is 0.123 e. The van der Waals surface area contributed by atoms with Gasteiger partial charge in [-0.2, -0.15) is 0 Å². The number of hydrogen-bond donors (Lipinski definition) is 2. The number of rotatable bonds is 8. The lowest BCUT2D eigenvalue weighted by atomic mass is 10.1. The normalized spacial score (nSPS) is 12.3. The van der Waals surface area contributed by atoms with Crippen molar-refractivity contribution in [3.8, 4) is 11.5 Å². The van der Waals surface area contributed by atoms with Crippen molar-refractivity contribution < 1.29 is 19.0 Å². The van der Waals surface area contributed by atoms with E-state index in [4.69, 9.17) is 9.47 Å². The van der Waals surface area contributed by atoms with Crippen LogP contribution in [0, 0.1) is 5.82 Å². The monoisotopic (exact) mass is 331 g/mol. The van der Waals surface area contributed by atoms with Gasteiger partial charge in [0.2, 0.25) is 0 Å². The highest BCUT2D eigenvalue weighted by Crippen LogP contribution is 2.26. The smallest absolute Gasteiger partial charge is 0.123 e. The number of hydrogen-bond acceptors (Lipinski definition) is 4. The molecule has 1 unspecified atom stereocenters. The van der Waals surface area contributed by atoms with Crippen LogP contribution in [0.25, 0.3) is 6.08 Å². The number of aliphatic hydroxyl groups excluding tert-OH is 1. The molecule has 4 nitrogen and oxygen atoms in total. The predicted octanol–water partition coefficient (Wildman–Crippen LogP) is 3.18. The third kappa shape index (κ3) is 5.37. The van der Waals surface area contributed by atoms with Gasteiger partial charge in [0.15, 0.2) is 0 Å². The fourth-order valence-corrected chi connectivity index (χ4v) is 2.21. The van der Waals surface area contributed by atoms with Crippen molar-refractivity contribution in [2.75, 3.05) is 27.3 Å². The van der Waals surface area contributed by atoms with E-state index in [2.05, 4.69) is 5.32 Å². The van der Waals surface area contributed by atoms with E-state index < -0.39 is 6.10 Å². The molecule has 0 amide bonds. The molecule has 2 aromatic rings. The van der Waals surface area contributed by atoms with Crippen molar-refractivity contribution in [3.05, 3.63) is 65.5 Å². The topological polar surface area (TPSA) is 50.7 Å². The first-order valence-corrected chi connectivity index (χ1v) is 7.66. The van der Waals surface area contributed by atoms with Gasteiger partial charge in [0, 0.05) is 19.2 Å². The summed E-state index contributed by atoms with van der Waals surface area (Å²) < 4.78 is 23.2. The van der Waals surface area contributed by atoms with Gasteiger partial charge < -0.3 is 19.9 Å². The largest absolute Gasteiger partial charge is 0.497 e. The third-order valence-electron chi connectivity index (χ3n) is 3.54. The van der Waals surface area contributed by atoms with Crippen LogP contribution in [0.2, 0.25) is 0 Å². The van der Waals surface area contributed by atoms with Crippen LogP contribution >= 0.6 is 0 Å². The second-order valence-corrected chi connectivity index (χ2v) is 5.27. The molecule has 24 heavy (non-hydrogen) atoms. The molecule has 0 aliphatic rings. The molecule has 2 aromatic carbocycles. The van der Waals surface area contributed by atoms with Gasteiger partial charge in [0.05, 0.1) is 20.3 Å². The van der Waals surface area contributed by atoms with Gasteiger partial charge in [0.1, 0.15) is 17.3 Å². The number of nitrogens with one attached hydrogen (secondary N) is 1. The zero-order chi connectivity index (χ0) is 17.4. The van der Waals surface area contributed by atoms with Gasteiger partial charge >= 0.3 is 0 Å². The maximum absolute atomic E-state index is 12.8. The third-order valence-corrected chi connectivity index (χ3v) is 3.54. The van der Waals surface area contributed by atoms with Crippen molar-refractivity contribution in [1.82, 2.24) is 5.32 Å². The highest BCUT2D eigenvalue weighted by molar-refractivity contribution is 5.49. The lowest BCUT2D eigenvalue weighted by Crippen LogP contribution is -2.21. The summed E-state index contributed by atoms with van der Waals surface area (Å²) in [5.41, 5.74) is 1.65. The predicted molar refractivity (Wildman–Crippen MR) is 92.8 cm³/mol. The van der Waals surface area contributed by atoms with Crippen LogP contribution in [0.5, 0.6) is 11.5 Å². The standard InChI is InChI=1S/C19H22FNO3/c1-23-17-10-15(11-18(12-17)24-2)19(22)13-21-9-3-4-14-5-7-16(20)8-6-14/h3-8,10-12,19,21-22H,9,13H2,1-2H3/b4-3+. The Balaban J connectivity index is 1.84. The quantitative estimate of drug-likeness (QED) is 0.730. The van der Waals surface area contributed by atoms with Gasteiger partial charge in [-0.3, -0.25) is 0 Å². The summed E-state index contributed by atoms with van der Waals surface area (Å²) in [5, 5.41) is 13.4. The molecule has 0 aliphatic heterocycles. The summed E-state index contributed by atoms with van der Waals surface area (Å²) >= 11 is 0. The van der Waals surface area contributed by atoms with Crippen molar-refractivity contribution in [2.24, 2.45) is 0 Å². The van der Waals surface area contributed by atoms with Crippen molar-refractivity contribution in [2.45, 2.75) is 6.10 Å². The second kappa shape index (κ2) is 9.05. The Bertz CT molecular complexity index is 649. The molecule has 0 fully saturated rings. The highest BCUT2D eigenvalue weighted by atomic mass is 19.1. The number of benzene rings is 2. The zero-order valence-electron chi connectivity index (χ0n) is 13.8. The average molecular weight is 331 g/mol. The van der Waals surface area contributed by atoms with E-state index in [0.29, 0.717) is 24.6 Å². The molecular weight excluding hydrogens is 309 g/mol. The van der Waals surface area contributed by atoms with Crippen LogP contribution in [-0.2, 0) is 0 Å². The maximum atomic E-state index is 12.8. The number of aliphatic hydroxyl groups is 1. The van der Waals surface area contributed by atoms with E-state index in [0.717, 1.165) is 11.1 Å². The van der Waals surface area contributed by atoms with Crippen LogP contribution in [0.1, 0.15) is 17.2 Å². The van der Waals surface area contributed by atoms with Crippen LogP contribution in [0.3, 0.4) is 0 Å². The van der Waals surface area contributed by atoms with Crippen molar-refractivity contribution in [1.29, 1.82) is 0 Å². The summed E-state index contributed by atoms with van der Waals surface area (Å²) in [5.74, 6) is 1.03. The van der Waals surface area contributed by atoms with Gasteiger partial charge in [-0.05, 0) is 35.4 Å². The fraction of sp³-hybridized carbons (Fsp3) is 0.263. The summed E-state index contributed by atoms with van der Waals surface area (Å²) in [4.78, 5) is 0. The SMILES string of the molecule is COc1cc(OC)cc(C(O)CNC/C=C/c2ccc(F)cc2)c1. The van der Waals surface area contributed by atoms with Gasteiger partial charge in [-0.1, -0.05) is 24.3 Å². The van der Waals surface area contributed by atoms with Crippen LogP contribution < -0.4 is 14.8 Å². The lowest BCUT2D eigenvalue weighted by molar-refractivity contribution is 0.175. The first kappa shape index (κ1) is 18.0. The second-order valence-electron chi connectivity index (χ2n) is 5.27. The Morgan fingerprint density at radius 1 is 1.08 bits per heavy atom. The highest BCUT2D eigenvalue weighted by Gasteiger charge is 2.10.